The molecular formula is C20H35NO5. The Morgan fingerprint density at radius 3 is 2.27 bits per heavy atom. The lowest BCUT2D eigenvalue weighted by molar-refractivity contribution is -0.151. The van der Waals surface area contributed by atoms with Crippen molar-refractivity contribution in [3.05, 3.63) is 0 Å². The summed E-state index contributed by atoms with van der Waals surface area (Å²) in [6.07, 6.45) is 9.79. The smallest absolute Gasteiger partial charge is 0.306 e. The molecular weight excluding hydrogens is 334 g/mol. The number of carbonyl (C=O) groups excluding carboxylic acids is 3. The number of hydrogen-bond donors (Lipinski definition) is 0. The van der Waals surface area contributed by atoms with E-state index in [1.54, 1.807) is 4.90 Å². The van der Waals surface area contributed by atoms with Crippen LogP contribution in [0.1, 0.15) is 78.1 Å². The van der Waals surface area contributed by atoms with Gasteiger partial charge in [-0.15, -0.1) is 0 Å². The van der Waals surface area contributed by atoms with Crippen LogP contribution >= 0.6 is 0 Å². The van der Waals surface area contributed by atoms with E-state index in [0.29, 0.717) is 6.61 Å². The molecule has 0 radical (unpaired) electrons. The largest absolute Gasteiger partial charge is 0.466 e. The maximum Gasteiger partial charge on any atom is 0.306 e. The summed E-state index contributed by atoms with van der Waals surface area (Å²) in [6, 6.07) is 0.0128. The van der Waals surface area contributed by atoms with Crippen molar-refractivity contribution in [2.45, 2.75) is 84.1 Å². The first kappa shape index (κ1) is 22.5. The molecule has 26 heavy (non-hydrogen) atoms. The van der Waals surface area contributed by atoms with Crippen LogP contribution in [0.4, 0.5) is 0 Å². The van der Waals surface area contributed by atoms with Gasteiger partial charge in [-0.05, 0) is 18.8 Å². The molecule has 0 aromatic rings. The van der Waals surface area contributed by atoms with Crippen LogP contribution in [-0.4, -0.2) is 49.0 Å². The minimum absolute atomic E-state index is 0.0128. The lowest BCUT2D eigenvalue weighted by Gasteiger charge is -2.37. The maximum absolute atomic E-state index is 11.9. The van der Waals surface area contributed by atoms with Gasteiger partial charge in [-0.2, -0.15) is 0 Å². The fourth-order valence-electron chi connectivity index (χ4n) is 2.99. The zero-order valence-corrected chi connectivity index (χ0v) is 16.4. The number of rotatable bonds is 15. The molecule has 1 fully saturated rings. The summed E-state index contributed by atoms with van der Waals surface area (Å²) < 4.78 is 10.5. The predicted molar refractivity (Wildman–Crippen MR) is 99.5 cm³/mol. The molecule has 6 heteroatoms. The third kappa shape index (κ3) is 9.20. The molecule has 0 saturated carbocycles. The zero-order chi connectivity index (χ0) is 19.2. The minimum Gasteiger partial charge on any atom is -0.466 e. The van der Waals surface area contributed by atoms with Crippen molar-refractivity contribution in [2.24, 2.45) is 5.92 Å². The standard InChI is InChI=1S/C20H35NO5/c1-3-5-6-7-8-9-12-25-19(23)13-17(4-2)14-20(24)26-15-18-10-11-21(18)16-22/h16-18H,3-15H2,1-2H3. The number of unbranched alkanes of at least 4 members (excludes halogenated alkanes) is 5. The van der Waals surface area contributed by atoms with Gasteiger partial charge in [-0.25, -0.2) is 0 Å². The van der Waals surface area contributed by atoms with Gasteiger partial charge in [0, 0.05) is 19.4 Å². The van der Waals surface area contributed by atoms with Crippen LogP contribution in [0.15, 0.2) is 0 Å². The van der Waals surface area contributed by atoms with Gasteiger partial charge in [-0.1, -0.05) is 52.4 Å². The van der Waals surface area contributed by atoms with Crippen molar-refractivity contribution in [1.29, 1.82) is 0 Å². The number of likely N-dealkylation sites (tertiary alicyclic amines) is 1. The fraction of sp³-hybridized carbons (Fsp3) is 0.850. The first-order valence-electron chi connectivity index (χ1n) is 10.1. The first-order chi connectivity index (χ1) is 12.6. The Morgan fingerprint density at radius 2 is 1.69 bits per heavy atom. The van der Waals surface area contributed by atoms with E-state index in [-0.39, 0.29) is 43.3 Å². The highest BCUT2D eigenvalue weighted by atomic mass is 16.5. The molecule has 1 aliphatic heterocycles. The number of hydrogen-bond acceptors (Lipinski definition) is 5. The second-order valence-corrected chi connectivity index (χ2v) is 7.14. The molecule has 6 nitrogen and oxygen atoms in total. The molecule has 1 aliphatic rings. The molecule has 0 aromatic carbocycles. The normalized spacial score (nSPS) is 17.3. The molecule has 1 saturated heterocycles. The van der Waals surface area contributed by atoms with E-state index in [9.17, 15) is 14.4 Å². The van der Waals surface area contributed by atoms with Gasteiger partial charge in [0.1, 0.15) is 6.61 Å². The third-order valence-corrected chi connectivity index (χ3v) is 5.01. The van der Waals surface area contributed by atoms with E-state index in [1.807, 2.05) is 6.92 Å². The van der Waals surface area contributed by atoms with Gasteiger partial charge in [-0.3, -0.25) is 14.4 Å². The highest BCUT2D eigenvalue weighted by Gasteiger charge is 2.28. The quantitative estimate of drug-likeness (QED) is 0.251. The minimum atomic E-state index is -0.307. The number of nitrogens with zero attached hydrogens (tertiary/aromatic N) is 1. The van der Waals surface area contributed by atoms with Crippen molar-refractivity contribution in [3.8, 4) is 0 Å². The van der Waals surface area contributed by atoms with Crippen molar-refractivity contribution < 1.29 is 23.9 Å². The lowest BCUT2D eigenvalue weighted by atomic mass is 9.98. The Labute approximate surface area is 157 Å². The average molecular weight is 370 g/mol. The number of carbonyl (C=O) groups is 3. The first-order valence-corrected chi connectivity index (χ1v) is 10.1. The average Bonchev–Trinajstić information content (AvgIpc) is 2.60. The van der Waals surface area contributed by atoms with Crippen LogP contribution in [0.2, 0.25) is 0 Å². The molecule has 0 aliphatic carbocycles. The predicted octanol–water partition coefficient (Wildman–Crippen LogP) is 3.47. The van der Waals surface area contributed by atoms with Gasteiger partial charge in [0.2, 0.25) is 6.41 Å². The van der Waals surface area contributed by atoms with Gasteiger partial charge in [0.15, 0.2) is 0 Å². The second-order valence-electron chi connectivity index (χ2n) is 7.14. The summed E-state index contributed by atoms with van der Waals surface area (Å²) in [7, 11) is 0. The van der Waals surface area contributed by atoms with Crippen LogP contribution in [-0.2, 0) is 23.9 Å². The third-order valence-electron chi connectivity index (χ3n) is 5.01. The Hall–Kier alpha value is -1.59. The number of amides is 1. The Morgan fingerprint density at radius 1 is 1.04 bits per heavy atom. The zero-order valence-electron chi connectivity index (χ0n) is 16.4. The van der Waals surface area contributed by atoms with Crippen molar-refractivity contribution in [2.75, 3.05) is 19.8 Å². The summed E-state index contributed by atoms with van der Waals surface area (Å²) >= 11 is 0. The van der Waals surface area contributed by atoms with Crippen LogP contribution in [0.3, 0.4) is 0 Å². The summed E-state index contributed by atoms with van der Waals surface area (Å²) in [5.41, 5.74) is 0. The number of esters is 2. The van der Waals surface area contributed by atoms with Gasteiger partial charge >= 0.3 is 11.9 Å². The van der Waals surface area contributed by atoms with Gasteiger partial charge < -0.3 is 14.4 Å². The molecule has 0 spiro atoms. The lowest BCUT2D eigenvalue weighted by Crippen LogP contribution is -2.49. The van der Waals surface area contributed by atoms with Crippen molar-refractivity contribution in [3.63, 3.8) is 0 Å². The molecule has 1 amide bonds. The molecule has 1 rings (SSSR count). The fourth-order valence-corrected chi connectivity index (χ4v) is 2.99. The second kappa shape index (κ2) is 13.6. The van der Waals surface area contributed by atoms with Crippen LogP contribution in [0.25, 0.3) is 0 Å². The Kier molecular flexibility index (Phi) is 11.7. The highest BCUT2D eigenvalue weighted by molar-refractivity contribution is 5.73. The molecule has 1 heterocycles. The van der Waals surface area contributed by atoms with E-state index in [0.717, 1.165) is 38.6 Å². The summed E-state index contributed by atoms with van der Waals surface area (Å²) in [4.78, 5) is 36.2. The monoisotopic (exact) mass is 369 g/mol. The molecule has 0 aromatic heterocycles. The van der Waals surface area contributed by atoms with Crippen LogP contribution in [0.5, 0.6) is 0 Å². The van der Waals surface area contributed by atoms with Crippen molar-refractivity contribution >= 4 is 18.3 Å². The molecule has 150 valence electrons. The van der Waals surface area contributed by atoms with E-state index < -0.39 is 0 Å². The Balaban J connectivity index is 2.11. The molecule has 2 unspecified atom stereocenters. The van der Waals surface area contributed by atoms with E-state index in [1.165, 1.54) is 25.7 Å². The summed E-state index contributed by atoms with van der Waals surface area (Å²) in [5, 5.41) is 0. The van der Waals surface area contributed by atoms with Crippen LogP contribution < -0.4 is 0 Å². The highest BCUT2D eigenvalue weighted by Crippen LogP contribution is 2.18. The van der Waals surface area contributed by atoms with Gasteiger partial charge in [0.25, 0.3) is 0 Å². The summed E-state index contributed by atoms with van der Waals surface area (Å²) in [5.74, 6) is -0.592. The van der Waals surface area contributed by atoms with E-state index >= 15 is 0 Å². The molecule has 0 N–H and O–H groups in total. The SMILES string of the molecule is CCCCCCCCOC(=O)CC(CC)CC(=O)OCC1CCN1C=O. The molecule has 0 bridgehead atoms. The topological polar surface area (TPSA) is 72.9 Å². The van der Waals surface area contributed by atoms with E-state index in [4.69, 9.17) is 9.47 Å². The Bertz CT molecular complexity index is 426. The van der Waals surface area contributed by atoms with Crippen molar-refractivity contribution in [1.82, 2.24) is 4.90 Å². The van der Waals surface area contributed by atoms with Crippen LogP contribution in [0, 0.1) is 5.92 Å². The number of ether oxygens (including phenoxy) is 2. The van der Waals surface area contributed by atoms with E-state index in [2.05, 4.69) is 6.92 Å². The van der Waals surface area contributed by atoms with Gasteiger partial charge in [0.05, 0.1) is 12.6 Å². The summed E-state index contributed by atoms with van der Waals surface area (Å²) in [6.45, 7) is 5.59. The molecule has 2 atom stereocenters. The maximum atomic E-state index is 11.9.